The molecule has 94 valence electrons. The molecular formula is C12H15F2NO2. The molecule has 3 nitrogen and oxygen atoms in total. The Morgan fingerprint density at radius 1 is 1.47 bits per heavy atom. The molecule has 0 saturated carbocycles. The molecule has 0 spiro atoms. The van der Waals surface area contributed by atoms with Gasteiger partial charge in [0.25, 0.3) is 0 Å². The van der Waals surface area contributed by atoms with Crippen molar-refractivity contribution in [2.75, 3.05) is 13.7 Å². The Morgan fingerprint density at radius 2 is 2.12 bits per heavy atom. The smallest absolute Gasteiger partial charge is 0.340 e. The van der Waals surface area contributed by atoms with Gasteiger partial charge in [0.2, 0.25) is 0 Å². The summed E-state index contributed by atoms with van der Waals surface area (Å²) in [5.41, 5.74) is 5.55. The molecule has 0 amide bonds. The lowest BCUT2D eigenvalue weighted by Gasteiger charge is -2.12. The molecule has 0 aromatic heterocycles. The predicted molar refractivity (Wildman–Crippen MR) is 59.8 cm³/mol. The largest absolute Gasteiger partial charge is 0.465 e. The maximum Gasteiger partial charge on any atom is 0.340 e. The fraction of sp³-hybridized carbons (Fsp3) is 0.417. The van der Waals surface area contributed by atoms with E-state index >= 15 is 0 Å². The van der Waals surface area contributed by atoms with Crippen LogP contribution in [-0.2, 0) is 4.74 Å². The van der Waals surface area contributed by atoms with Crippen LogP contribution in [0.15, 0.2) is 12.1 Å². The van der Waals surface area contributed by atoms with E-state index < -0.39 is 17.6 Å². The summed E-state index contributed by atoms with van der Waals surface area (Å²) >= 11 is 0. The second kappa shape index (κ2) is 5.72. The van der Waals surface area contributed by atoms with Crippen LogP contribution < -0.4 is 5.73 Å². The molecule has 2 N–H and O–H groups in total. The van der Waals surface area contributed by atoms with E-state index in [0.717, 1.165) is 13.2 Å². The molecule has 0 aliphatic heterocycles. The quantitative estimate of drug-likeness (QED) is 0.825. The van der Waals surface area contributed by atoms with E-state index in [9.17, 15) is 13.6 Å². The standard InChI is InChI=1S/C12H15F2NO2/c1-7(3-4-15)8-5-9(12(16)17-2)11(14)10(13)6-8/h5-7H,3-4,15H2,1-2H3. The highest BCUT2D eigenvalue weighted by Crippen LogP contribution is 2.23. The van der Waals surface area contributed by atoms with Gasteiger partial charge in [-0.1, -0.05) is 6.92 Å². The number of nitrogens with two attached hydrogens (primary N) is 1. The first-order chi connectivity index (χ1) is 8.01. The third kappa shape index (κ3) is 3.00. The highest BCUT2D eigenvalue weighted by Gasteiger charge is 2.19. The molecule has 0 radical (unpaired) electrons. The lowest BCUT2D eigenvalue weighted by molar-refractivity contribution is 0.0594. The summed E-state index contributed by atoms with van der Waals surface area (Å²) < 4.78 is 31.1. The maximum absolute atomic E-state index is 13.4. The summed E-state index contributed by atoms with van der Waals surface area (Å²) in [5.74, 6) is -3.16. The van der Waals surface area contributed by atoms with E-state index in [1.165, 1.54) is 6.07 Å². The third-order valence-corrected chi connectivity index (χ3v) is 2.62. The lowest BCUT2D eigenvalue weighted by Crippen LogP contribution is -2.10. The zero-order valence-electron chi connectivity index (χ0n) is 9.80. The van der Waals surface area contributed by atoms with Gasteiger partial charge >= 0.3 is 5.97 Å². The Morgan fingerprint density at radius 3 is 2.65 bits per heavy atom. The minimum absolute atomic E-state index is 0.0430. The Balaban J connectivity index is 3.18. The number of hydrogen-bond acceptors (Lipinski definition) is 3. The fourth-order valence-electron chi connectivity index (χ4n) is 1.57. The number of esters is 1. The van der Waals surface area contributed by atoms with E-state index in [4.69, 9.17) is 5.73 Å². The number of hydrogen-bond donors (Lipinski definition) is 1. The average Bonchev–Trinajstić information content (AvgIpc) is 2.31. The van der Waals surface area contributed by atoms with Gasteiger partial charge in [-0.15, -0.1) is 0 Å². The van der Waals surface area contributed by atoms with Crippen LogP contribution in [0.2, 0.25) is 0 Å². The molecule has 0 heterocycles. The van der Waals surface area contributed by atoms with Crippen molar-refractivity contribution < 1.29 is 18.3 Å². The van der Waals surface area contributed by atoms with Crippen molar-refractivity contribution >= 4 is 5.97 Å². The van der Waals surface area contributed by atoms with Crippen LogP contribution in [0.25, 0.3) is 0 Å². The first kappa shape index (κ1) is 13.6. The minimum atomic E-state index is -1.18. The van der Waals surface area contributed by atoms with Gasteiger partial charge in [-0.25, -0.2) is 13.6 Å². The fourth-order valence-corrected chi connectivity index (χ4v) is 1.57. The number of carbonyl (C=O) groups is 1. The molecule has 0 aliphatic carbocycles. The van der Waals surface area contributed by atoms with Crippen LogP contribution >= 0.6 is 0 Å². The molecule has 1 aromatic carbocycles. The Labute approximate surface area is 98.6 Å². The van der Waals surface area contributed by atoms with Gasteiger partial charge in [-0.3, -0.25) is 0 Å². The van der Waals surface area contributed by atoms with Crippen molar-refractivity contribution in [3.63, 3.8) is 0 Å². The molecular weight excluding hydrogens is 228 g/mol. The highest BCUT2D eigenvalue weighted by molar-refractivity contribution is 5.89. The summed E-state index contributed by atoms with van der Waals surface area (Å²) in [4.78, 5) is 11.3. The maximum atomic E-state index is 13.4. The SMILES string of the molecule is COC(=O)c1cc(C(C)CCN)cc(F)c1F. The number of ether oxygens (including phenoxy) is 1. The van der Waals surface area contributed by atoms with E-state index in [0.29, 0.717) is 18.5 Å². The molecule has 5 heteroatoms. The van der Waals surface area contributed by atoms with Crippen molar-refractivity contribution in [2.45, 2.75) is 19.3 Å². The molecule has 1 unspecified atom stereocenters. The van der Waals surface area contributed by atoms with Gasteiger partial charge in [0, 0.05) is 0 Å². The minimum Gasteiger partial charge on any atom is -0.465 e. The molecule has 0 bridgehead atoms. The molecule has 17 heavy (non-hydrogen) atoms. The number of methoxy groups -OCH3 is 1. The van der Waals surface area contributed by atoms with Crippen LogP contribution in [0.1, 0.15) is 35.2 Å². The van der Waals surface area contributed by atoms with Crippen LogP contribution in [-0.4, -0.2) is 19.6 Å². The number of rotatable bonds is 4. The Bertz CT molecular complexity index is 421. The normalized spacial score (nSPS) is 12.3. The zero-order chi connectivity index (χ0) is 13.0. The predicted octanol–water partition coefficient (Wildman–Crippen LogP) is 2.20. The molecule has 0 saturated heterocycles. The number of carbonyl (C=O) groups excluding carboxylic acids is 1. The summed E-state index contributed by atoms with van der Waals surface area (Å²) in [6.45, 7) is 2.27. The van der Waals surface area contributed by atoms with Gasteiger partial charge in [0.05, 0.1) is 12.7 Å². The monoisotopic (exact) mass is 243 g/mol. The molecule has 0 aliphatic rings. The van der Waals surface area contributed by atoms with Gasteiger partial charge in [-0.2, -0.15) is 0 Å². The molecule has 1 aromatic rings. The first-order valence-corrected chi connectivity index (χ1v) is 5.28. The van der Waals surface area contributed by atoms with Crippen LogP contribution in [0.5, 0.6) is 0 Å². The summed E-state index contributed by atoms with van der Waals surface area (Å²) in [6.07, 6.45) is 0.631. The van der Waals surface area contributed by atoms with Crippen LogP contribution in [0, 0.1) is 11.6 Å². The van der Waals surface area contributed by atoms with Crippen molar-refractivity contribution in [1.82, 2.24) is 0 Å². The lowest BCUT2D eigenvalue weighted by atomic mass is 9.95. The van der Waals surface area contributed by atoms with E-state index in [1.54, 1.807) is 0 Å². The van der Waals surface area contributed by atoms with Crippen molar-refractivity contribution in [2.24, 2.45) is 5.73 Å². The summed E-state index contributed by atoms with van der Waals surface area (Å²) in [6, 6.07) is 2.40. The summed E-state index contributed by atoms with van der Waals surface area (Å²) in [7, 11) is 1.12. The van der Waals surface area contributed by atoms with Crippen molar-refractivity contribution in [1.29, 1.82) is 0 Å². The first-order valence-electron chi connectivity index (χ1n) is 5.28. The third-order valence-electron chi connectivity index (χ3n) is 2.62. The van der Waals surface area contributed by atoms with Crippen LogP contribution in [0.4, 0.5) is 8.78 Å². The number of benzene rings is 1. The molecule has 1 atom stereocenters. The van der Waals surface area contributed by atoms with Gasteiger partial charge in [0.1, 0.15) is 0 Å². The van der Waals surface area contributed by atoms with E-state index in [-0.39, 0.29) is 11.5 Å². The second-order valence-corrected chi connectivity index (χ2v) is 3.83. The average molecular weight is 243 g/mol. The van der Waals surface area contributed by atoms with E-state index in [2.05, 4.69) is 4.74 Å². The number of halogens is 2. The zero-order valence-corrected chi connectivity index (χ0v) is 9.80. The summed E-state index contributed by atoms with van der Waals surface area (Å²) in [5, 5.41) is 0. The Hall–Kier alpha value is -1.49. The molecule has 1 rings (SSSR count). The highest BCUT2D eigenvalue weighted by atomic mass is 19.2. The van der Waals surface area contributed by atoms with Gasteiger partial charge in [-0.05, 0) is 36.6 Å². The Kier molecular flexibility index (Phi) is 4.57. The van der Waals surface area contributed by atoms with Gasteiger partial charge < -0.3 is 10.5 Å². The van der Waals surface area contributed by atoms with Crippen molar-refractivity contribution in [3.8, 4) is 0 Å². The molecule has 0 fully saturated rings. The van der Waals surface area contributed by atoms with Crippen LogP contribution in [0.3, 0.4) is 0 Å². The second-order valence-electron chi connectivity index (χ2n) is 3.83. The van der Waals surface area contributed by atoms with E-state index in [1.807, 2.05) is 6.92 Å². The van der Waals surface area contributed by atoms with Crippen molar-refractivity contribution in [3.05, 3.63) is 34.9 Å². The topological polar surface area (TPSA) is 52.3 Å². The van der Waals surface area contributed by atoms with Gasteiger partial charge in [0.15, 0.2) is 11.6 Å².